The molecule has 1 aliphatic rings. The lowest BCUT2D eigenvalue weighted by Crippen LogP contribution is -2.23. The fourth-order valence-electron chi connectivity index (χ4n) is 2.32. The quantitative estimate of drug-likeness (QED) is 0.802. The maximum atomic E-state index is 3.57. The van der Waals surface area contributed by atoms with Crippen LogP contribution in [0.3, 0.4) is 0 Å². The molecule has 1 N–H and O–H groups in total. The minimum atomic E-state index is 0.925. The molecule has 1 fully saturated rings. The molecule has 1 heterocycles. The zero-order valence-electron chi connectivity index (χ0n) is 8.83. The molecule has 2 unspecified atom stereocenters. The Morgan fingerprint density at radius 1 is 1.50 bits per heavy atom. The van der Waals surface area contributed by atoms with Crippen molar-refractivity contribution < 1.29 is 0 Å². The third-order valence-corrected chi connectivity index (χ3v) is 4.09. The fraction of sp³-hybridized carbons (Fsp3) is 0.667. The number of hydrogen-bond acceptors (Lipinski definition) is 2. The molecule has 1 saturated carbocycles. The zero-order chi connectivity index (χ0) is 9.80. The van der Waals surface area contributed by atoms with Crippen molar-refractivity contribution in [2.45, 2.75) is 32.7 Å². The van der Waals surface area contributed by atoms with Gasteiger partial charge < -0.3 is 5.32 Å². The molecule has 2 atom stereocenters. The molecular formula is C12H19NS. The van der Waals surface area contributed by atoms with E-state index in [1.54, 1.807) is 11.3 Å². The van der Waals surface area contributed by atoms with Crippen LogP contribution >= 0.6 is 11.3 Å². The van der Waals surface area contributed by atoms with E-state index >= 15 is 0 Å². The first kappa shape index (κ1) is 10.2. The lowest BCUT2D eigenvalue weighted by molar-refractivity contribution is 0.392. The van der Waals surface area contributed by atoms with E-state index in [2.05, 4.69) is 29.1 Å². The van der Waals surface area contributed by atoms with Crippen molar-refractivity contribution in [2.75, 3.05) is 6.54 Å². The summed E-state index contributed by atoms with van der Waals surface area (Å²) < 4.78 is 0. The first-order valence-electron chi connectivity index (χ1n) is 5.58. The largest absolute Gasteiger partial charge is 0.312 e. The van der Waals surface area contributed by atoms with Gasteiger partial charge in [-0.15, -0.1) is 0 Å². The molecule has 2 heteroatoms. The predicted octanol–water partition coefficient (Wildman–Crippen LogP) is 3.27. The molecule has 1 aromatic rings. The van der Waals surface area contributed by atoms with E-state index in [0.29, 0.717) is 0 Å². The monoisotopic (exact) mass is 209 g/mol. The Morgan fingerprint density at radius 2 is 2.43 bits per heavy atom. The molecule has 1 nitrogen and oxygen atoms in total. The van der Waals surface area contributed by atoms with Crippen LogP contribution in [0.4, 0.5) is 0 Å². The van der Waals surface area contributed by atoms with Gasteiger partial charge in [-0.25, -0.2) is 0 Å². The Kier molecular flexibility index (Phi) is 3.60. The van der Waals surface area contributed by atoms with Gasteiger partial charge in [0.1, 0.15) is 0 Å². The number of rotatable bonds is 4. The van der Waals surface area contributed by atoms with Gasteiger partial charge in [0.05, 0.1) is 0 Å². The summed E-state index contributed by atoms with van der Waals surface area (Å²) in [5, 5.41) is 7.94. The second-order valence-corrected chi connectivity index (χ2v) is 5.21. The highest BCUT2D eigenvalue weighted by atomic mass is 32.1. The van der Waals surface area contributed by atoms with Crippen LogP contribution in [0.2, 0.25) is 0 Å². The van der Waals surface area contributed by atoms with E-state index in [1.807, 2.05) is 0 Å². The number of hydrogen-bond donors (Lipinski definition) is 1. The fourth-order valence-corrected chi connectivity index (χ4v) is 2.99. The Morgan fingerprint density at radius 3 is 3.07 bits per heavy atom. The SMILES string of the molecule is CC1CCCC1CNCc1ccsc1. The number of nitrogens with one attached hydrogen (secondary N) is 1. The van der Waals surface area contributed by atoms with E-state index in [1.165, 1.54) is 31.4 Å². The first-order valence-corrected chi connectivity index (χ1v) is 6.52. The van der Waals surface area contributed by atoms with Crippen molar-refractivity contribution in [1.29, 1.82) is 0 Å². The van der Waals surface area contributed by atoms with Crippen LogP contribution < -0.4 is 5.32 Å². The van der Waals surface area contributed by atoms with E-state index in [0.717, 1.165) is 18.4 Å². The molecule has 14 heavy (non-hydrogen) atoms. The molecule has 2 rings (SSSR count). The summed E-state index contributed by atoms with van der Waals surface area (Å²) in [6, 6.07) is 2.20. The van der Waals surface area contributed by atoms with Crippen LogP contribution in [-0.2, 0) is 6.54 Å². The van der Waals surface area contributed by atoms with Crippen molar-refractivity contribution in [3.63, 3.8) is 0 Å². The average molecular weight is 209 g/mol. The van der Waals surface area contributed by atoms with Crippen LogP contribution in [0, 0.1) is 11.8 Å². The van der Waals surface area contributed by atoms with Crippen LogP contribution in [0.1, 0.15) is 31.7 Å². The number of thiophene rings is 1. The summed E-state index contributed by atoms with van der Waals surface area (Å²) in [5.74, 6) is 1.86. The first-order chi connectivity index (χ1) is 6.86. The smallest absolute Gasteiger partial charge is 0.0213 e. The summed E-state index contributed by atoms with van der Waals surface area (Å²) in [6.45, 7) is 4.65. The van der Waals surface area contributed by atoms with Gasteiger partial charge in [0.15, 0.2) is 0 Å². The van der Waals surface area contributed by atoms with E-state index in [-0.39, 0.29) is 0 Å². The van der Waals surface area contributed by atoms with Gasteiger partial charge in [-0.3, -0.25) is 0 Å². The van der Waals surface area contributed by atoms with E-state index in [9.17, 15) is 0 Å². The van der Waals surface area contributed by atoms with Gasteiger partial charge >= 0.3 is 0 Å². The highest BCUT2D eigenvalue weighted by Crippen LogP contribution is 2.30. The molecule has 0 aromatic carbocycles. The normalized spacial score (nSPS) is 26.9. The highest BCUT2D eigenvalue weighted by molar-refractivity contribution is 7.07. The highest BCUT2D eigenvalue weighted by Gasteiger charge is 2.22. The van der Waals surface area contributed by atoms with E-state index in [4.69, 9.17) is 0 Å². The maximum absolute atomic E-state index is 3.57. The van der Waals surface area contributed by atoms with Gasteiger partial charge in [0.25, 0.3) is 0 Å². The molecule has 0 amide bonds. The minimum absolute atomic E-state index is 0.925. The summed E-state index contributed by atoms with van der Waals surface area (Å²) in [6.07, 6.45) is 4.30. The van der Waals surface area contributed by atoms with Crippen molar-refractivity contribution in [1.82, 2.24) is 5.32 Å². The minimum Gasteiger partial charge on any atom is -0.312 e. The molecule has 0 bridgehead atoms. The Balaban J connectivity index is 1.68. The lowest BCUT2D eigenvalue weighted by Gasteiger charge is -2.15. The molecule has 0 aliphatic heterocycles. The summed E-state index contributed by atoms with van der Waals surface area (Å²) >= 11 is 1.78. The third-order valence-electron chi connectivity index (χ3n) is 3.35. The van der Waals surface area contributed by atoms with Gasteiger partial charge in [-0.1, -0.05) is 19.8 Å². The molecular weight excluding hydrogens is 190 g/mol. The van der Waals surface area contributed by atoms with Crippen LogP contribution in [-0.4, -0.2) is 6.54 Å². The third kappa shape index (κ3) is 2.58. The molecule has 0 saturated heterocycles. The zero-order valence-corrected chi connectivity index (χ0v) is 9.65. The average Bonchev–Trinajstić information content (AvgIpc) is 2.78. The van der Waals surface area contributed by atoms with E-state index < -0.39 is 0 Å². The predicted molar refractivity (Wildman–Crippen MR) is 62.5 cm³/mol. The molecule has 0 spiro atoms. The lowest BCUT2D eigenvalue weighted by atomic mass is 9.98. The van der Waals surface area contributed by atoms with Crippen molar-refractivity contribution >= 4 is 11.3 Å². The maximum Gasteiger partial charge on any atom is 0.0213 e. The van der Waals surface area contributed by atoms with Crippen molar-refractivity contribution in [3.05, 3.63) is 22.4 Å². The van der Waals surface area contributed by atoms with Gasteiger partial charge in [-0.05, 0) is 47.2 Å². The van der Waals surface area contributed by atoms with Gasteiger partial charge in [-0.2, -0.15) is 11.3 Å². The summed E-state index contributed by atoms with van der Waals surface area (Å²) in [4.78, 5) is 0. The standard InChI is InChI=1S/C12H19NS/c1-10-3-2-4-12(10)8-13-7-11-5-6-14-9-11/h5-6,9-10,12-13H,2-4,7-8H2,1H3. The van der Waals surface area contributed by atoms with Crippen LogP contribution in [0.25, 0.3) is 0 Å². The topological polar surface area (TPSA) is 12.0 Å². The molecule has 0 radical (unpaired) electrons. The molecule has 1 aromatic heterocycles. The second kappa shape index (κ2) is 4.94. The van der Waals surface area contributed by atoms with Gasteiger partial charge in [0, 0.05) is 6.54 Å². The van der Waals surface area contributed by atoms with Crippen molar-refractivity contribution in [3.8, 4) is 0 Å². The molecule has 78 valence electrons. The van der Waals surface area contributed by atoms with Gasteiger partial charge in [0.2, 0.25) is 0 Å². The van der Waals surface area contributed by atoms with Crippen LogP contribution in [0.5, 0.6) is 0 Å². The Hall–Kier alpha value is -0.340. The van der Waals surface area contributed by atoms with Crippen LogP contribution in [0.15, 0.2) is 16.8 Å². The van der Waals surface area contributed by atoms with Crippen molar-refractivity contribution in [2.24, 2.45) is 11.8 Å². The Labute approximate surface area is 90.5 Å². The second-order valence-electron chi connectivity index (χ2n) is 4.43. The summed E-state index contributed by atoms with van der Waals surface area (Å²) in [5.41, 5.74) is 1.43. The summed E-state index contributed by atoms with van der Waals surface area (Å²) in [7, 11) is 0. The Bertz CT molecular complexity index is 255. The molecule has 1 aliphatic carbocycles.